The number of H-pyrrole nitrogens is 1. The number of carbonyl (C=O) groups is 2. The van der Waals surface area contributed by atoms with E-state index in [4.69, 9.17) is 9.47 Å². The average Bonchev–Trinajstić information content (AvgIpc) is 2.99. The quantitative estimate of drug-likeness (QED) is 0.803. The van der Waals surface area contributed by atoms with Gasteiger partial charge in [0.25, 0.3) is 5.91 Å². The molecule has 2 N–H and O–H groups in total. The second-order valence-electron chi connectivity index (χ2n) is 4.89. The van der Waals surface area contributed by atoms with E-state index in [-0.39, 0.29) is 30.0 Å². The summed E-state index contributed by atoms with van der Waals surface area (Å²) in [6, 6.07) is 11.1. The zero-order valence-corrected chi connectivity index (χ0v) is 13.4. The number of esters is 1. The maximum absolute atomic E-state index is 12.0. The van der Waals surface area contributed by atoms with Crippen molar-refractivity contribution in [2.75, 3.05) is 13.7 Å². The number of aromatic nitrogens is 1. The Morgan fingerprint density at radius 2 is 1.96 bits per heavy atom. The van der Waals surface area contributed by atoms with Crippen LogP contribution in [0, 0.1) is 0 Å². The Morgan fingerprint density at radius 1 is 1.26 bits per heavy atom. The van der Waals surface area contributed by atoms with Crippen molar-refractivity contribution in [2.24, 2.45) is 0 Å². The molecule has 0 bridgehead atoms. The summed E-state index contributed by atoms with van der Waals surface area (Å²) in [5, 5.41) is 2.52. The molecule has 6 heteroatoms. The number of nitrogens with one attached hydrogen (secondary N) is 2. The van der Waals surface area contributed by atoms with Gasteiger partial charge in [0.05, 0.1) is 6.61 Å². The highest BCUT2D eigenvalue weighted by molar-refractivity contribution is 5.98. The van der Waals surface area contributed by atoms with Crippen LogP contribution in [-0.2, 0) is 4.74 Å². The first-order valence-corrected chi connectivity index (χ1v) is 7.40. The summed E-state index contributed by atoms with van der Waals surface area (Å²) in [4.78, 5) is 26.6. The summed E-state index contributed by atoms with van der Waals surface area (Å²) in [6.45, 7) is 3.85. The first kappa shape index (κ1) is 16.6. The van der Waals surface area contributed by atoms with Gasteiger partial charge in [0.1, 0.15) is 17.5 Å². The van der Waals surface area contributed by atoms with Crippen LogP contribution in [0.5, 0.6) is 5.75 Å². The van der Waals surface area contributed by atoms with Gasteiger partial charge < -0.3 is 19.8 Å². The van der Waals surface area contributed by atoms with Gasteiger partial charge in [-0.05, 0) is 19.4 Å². The van der Waals surface area contributed by atoms with Crippen LogP contribution in [0.3, 0.4) is 0 Å². The molecule has 0 aliphatic heterocycles. The Balaban J connectivity index is 2.28. The second kappa shape index (κ2) is 7.49. The molecule has 1 atom stereocenters. The van der Waals surface area contributed by atoms with E-state index in [2.05, 4.69) is 10.3 Å². The molecule has 0 spiro atoms. The van der Waals surface area contributed by atoms with E-state index in [9.17, 15) is 9.59 Å². The molecular weight excluding hydrogens is 296 g/mol. The number of hydrogen-bond donors (Lipinski definition) is 2. The van der Waals surface area contributed by atoms with Gasteiger partial charge in [0.15, 0.2) is 5.75 Å². The molecule has 0 unspecified atom stereocenters. The van der Waals surface area contributed by atoms with Crippen molar-refractivity contribution < 1.29 is 19.1 Å². The van der Waals surface area contributed by atoms with Crippen molar-refractivity contribution in [1.29, 1.82) is 0 Å². The first-order chi connectivity index (χ1) is 11.1. The Kier molecular flexibility index (Phi) is 5.41. The van der Waals surface area contributed by atoms with E-state index in [1.165, 1.54) is 13.1 Å². The van der Waals surface area contributed by atoms with Gasteiger partial charge in [-0.15, -0.1) is 0 Å². The van der Waals surface area contributed by atoms with E-state index < -0.39 is 5.97 Å². The molecular formula is C17H20N2O4. The van der Waals surface area contributed by atoms with Crippen molar-refractivity contribution in [3.8, 4) is 5.75 Å². The summed E-state index contributed by atoms with van der Waals surface area (Å²) >= 11 is 0. The minimum atomic E-state index is -0.528. The zero-order chi connectivity index (χ0) is 16.8. The lowest BCUT2D eigenvalue weighted by Gasteiger charge is -2.14. The number of hydrogen-bond acceptors (Lipinski definition) is 4. The number of carbonyl (C=O) groups excluding carboxylic acids is 2. The lowest BCUT2D eigenvalue weighted by atomic mass is 10.1. The van der Waals surface area contributed by atoms with Gasteiger partial charge >= 0.3 is 5.97 Å². The molecule has 23 heavy (non-hydrogen) atoms. The second-order valence-corrected chi connectivity index (χ2v) is 4.89. The summed E-state index contributed by atoms with van der Waals surface area (Å²) in [6.07, 6.45) is -0.273. The molecule has 0 aliphatic rings. The summed E-state index contributed by atoms with van der Waals surface area (Å²) in [7, 11) is 1.51. The average molecular weight is 316 g/mol. The smallest absolute Gasteiger partial charge is 0.354 e. The molecule has 0 fully saturated rings. The molecule has 0 saturated heterocycles. The zero-order valence-electron chi connectivity index (χ0n) is 13.4. The van der Waals surface area contributed by atoms with Crippen LogP contribution in [0.25, 0.3) is 0 Å². The summed E-state index contributed by atoms with van der Waals surface area (Å²) < 4.78 is 10.8. The number of aromatic amines is 1. The highest BCUT2D eigenvalue weighted by Gasteiger charge is 2.21. The van der Waals surface area contributed by atoms with E-state index in [0.29, 0.717) is 5.75 Å². The van der Waals surface area contributed by atoms with Crippen LogP contribution >= 0.6 is 0 Å². The highest BCUT2D eigenvalue weighted by atomic mass is 16.5. The molecule has 1 aromatic carbocycles. The third kappa shape index (κ3) is 3.91. The third-order valence-electron chi connectivity index (χ3n) is 3.30. The third-order valence-corrected chi connectivity index (χ3v) is 3.30. The molecule has 1 heterocycles. The Bertz CT molecular complexity index is 679. The van der Waals surface area contributed by atoms with Crippen LogP contribution in [0.1, 0.15) is 46.5 Å². The summed E-state index contributed by atoms with van der Waals surface area (Å²) in [5.74, 6) is -0.584. The maximum atomic E-state index is 12.0. The van der Waals surface area contributed by atoms with Crippen LogP contribution in [0.15, 0.2) is 36.4 Å². The topological polar surface area (TPSA) is 80.4 Å². The van der Waals surface area contributed by atoms with E-state index >= 15 is 0 Å². The predicted molar refractivity (Wildman–Crippen MR) is 85.6 cm³/mol. The lowest BCUT2D eigenvalue weighted by molar-refractivity contribution is 0.0520. The number of rotatable bonds is 6. The first-order valence-electron chi connectivity index (χ1n) is 7.40. The minimum absolute atomic E-state index is 0.181. The van der Waals surface area contributed by atoms with Crippen LogP contribution < -0.4 is 10.1 Å². The fraction of sp³-hybridized carbons (Fsp3) is 0.294. The van der Waals surface area contributed by atoms with Crippen molar-refractivity contribution in [2.45, 2.75) is 20.0 Å². The SMILES string of the molecule is CCOC(=O)c1cc(O[C@@H](C)c2ccccc2)c(C(=O)NC)[nH]1. The van der Waals surface area contributed by atoms with Gasteiger partial charge in [0, 0.05) is 13.1 Å². The molecule has 2 rings (SSSR count). The molecule has 0 radical (unpaired) electrons. The largest absolute Gasteiger partial charge is 0.484 e. The molecule has 1 aromatic heterocycles. The lowest BCUT2D eigenvalue weighted by Crippen LogP contribution is -2.19. The van der Waals surface area contributed by atoms with E-state index in [0.717, 1.165) is 5.56 Å². The normalized spacial score (nSPS) is 11.6. The molecule has 1 amide bonds. The van der Waals surface area contributed by atoms with Crippen molar-refractivity contribution in [3.63, 3.8) is 0 Å². The molecule has 6 nitrogen and oxygen atoms in total. The summed E-state index contributed by atoms with van der Waals surface area (Å²) in [5.41, 5.74) is 1.34. The predicted octanol–water partition coefficient (Wildman–Crippen LogP) is 2.69. The Labute approximate surface area is 134 Å². The van der Waals surface area contributed by atoms with Crippen LogP contribution in [0.4, 0.5) is 0 Å². The van der Waals surface area contributed by atoms with Gasteiger partial charge in [-0.3, -0.25) is 4.79 Å². The maximum Gasteiger partial charge on any atom is 0.354 e. The van der Waals surface area contributed by atoms with Crippen molar-refractivity contribution in [1.82, 2.24) is 10.3 Å². The Morgan fingerprint density at radius 3 is 2.57 bits per heavy atom. The van der Waals surface area contributed by atoms with Gasteiger partial charge in [-0.2, -0.15) is 0 Å². The van der Waals surface area contributed by atoms with Crippen LogP contribution in [-0.4, -0.2) is 30.5 Å². The van der Waals surface area contributed by atoms with Crippen molar-refractivity contribution >= 4 is 11.9 Å². The molecule has 0 aliphatic carbocycles. The number of benzene rings is 1. The standard InChI is InChI=1S/C17H20N2O4/c1-4-22-17(21)13-10-14(15(19-13)16(20)18-3)23-11(2)12-8-6-5-7-9-12/h5-11,19H,4H2,1-3H3,(H,18,20)/t11-/m0/s1. The molecule has 0 saturated carbocycles. The van der Waals surface area contributed by atoms with Gasteiger partial charge in [-0.1, -0.05) is 30.3 Å². The monoisotopic (exact) mass is 316 g/mol. The van der Waals surface area contributed by atoms with Crippen molar-refractivity contribution in [3.05, 3.63) is 53.3 Å². The number of amides is 1. The van der Waals surface area contributed by atoms with E-state index in [1.54, 1.807) is 6.92 Å². The fourth-order valence-corrected chi connectivity index (χ4v) is 2.12. The number of ether oxygens (including phenoxy) is 2. The van der Waals surface area contributed by atoms with Gasteiger partial charge in [-0.25, -0.2) is 4.79 Å². The fourth-order valence-electron chi connectivity index (χ4n) is 2.12. The van der Waals surface area contributed by atoms with E-state index in [1.807, 2.05) is 37.3 Å². The van der Waals surface area contributed by atoms with Crippen LogP contribution in [0.2, 0.25) is 0 Å². The minimum Gasteiger partial charge on any atom is -0.484 e. The van der Waals surface area contributed by atoms with Gasteiger partial charge in [0.2, 0.25) is 0 Å². The molecule has 122 valence electrons. The molecule has 2 aromatic rings. The highest BCUT2D eigenvalue weighted by Crippen LogP contribution is 2.26. The Hall–Kier alpha value is -2.76.